The van der Waals surface area contributed by atoms with Crippen LogP contribution in [0, 0.1) is 5.92 Å². The van der Waals surface area contributed by atoms with Crippen molar-refractivity contribution in [2.24, 2.45) is 5.92 Å². The number of amides is 1. The van der Waals surface area contributed by atoms with Crippen LogP contribution in [0.5, 0.6) is 11.5 Å². The molecule has 7 heteroatoms. The number of likely N-dealkylation sites (N-methyl/N-ethyl adjacent to an activating group) is 1. The van der Waals surface area contributed by atoms with Crippen LogP contribution in [0.3, 0.4) is 0 Å². The summed E-state index contributed by atoms with van der Waals surface area (Å²) in [4.78, 5) is 14.9. The van der Waals surface area contributed by atoms with E-state index in [1.807, 2.05) is 25.2 Å². The fourth-order valence-corrected chi connectivity index (χ4v) is 3.75. The van der Waals surface area contributed by atoms with Crippen LogP contribution in [0.4, 0.5) is 0 Å². The van der Waals surface area contributed by atoms with Gasteiger partial charge in [0.25, 0.3) is 0 Å². The molecular formula is C20H32ClN3O3. The number of benzene rings is 1. The molecule has 0 spiro atoms. The lowest BCUT2D eigenvalue weighted by atomic mass is 9.95. The van der Waals surface area contributed by atoms with E-state index < -0.39 is 0 Å². The molecule has 3 rings (SSSR count). The van der Waals surface area contributed by atoms with Gasteiger partial charge in [-0.3, -0.25) is 9.69 Å². The highest BCUT2D eigenvalue weighted by Gasteiger charge is 2.24. The summed E-state index contributed by atoms with van der Waals surface area (Å²) in [6.45, 7) is 7.77. The van der Waals surface area contributed by atoms with Crippen LogP contribution < -0.4 is 20.1 Å². The summed E-state index contributed by atoms with van der Waals surface area (Å²) in [5.74, 6) is 1.91. The lowest BCUT2D eigenvalue weighted by Gasteiger charge is -2.33. The number of hydrogen-bond acceptors (Lipinski definition) is 5. The molecule has 1 aromatic carbocycles. The second-order valence-electron chi connectivity index (χ2n) is 7.56. The maximum absolute atomic E-state index is 12.7. The number of ether oxygens (including phenoxy) is 2. The first-order chi connectivity index (χ1) is 12.6. The van der Waals surface area contributed by atoms with E-state index in [4.69, 9.17) is 9.47 Å². The van der Waals surface area contributed by atoms with Gasteiger partial charge in [-0.2, -0.15) is 0 Å². The third-order valence-electron chi connectivity index (χ3n) is 5.19. The van der Waals surface area contributed by atoms with Gasteiger partial charge >= 0.3 is 0 Å². The molecule has 0 bridgehead atoms. The highest BCUT2D eigenvalue weighted by molar-refractivity contribution is 5.85. The van der Waals surface area contributed by atoms with Crippen LogP contribution in [0.15, 0.2) is 18.2 Å². The minimum atomic E-state index is -0.0387. The SMILES string of the molecule is CNC1CCCN(CC(=O)NC(c2ccc3c(c2)OCCO3)C(C)C)C1.Cl. The molecule has 27 heavy (non-hydrogen) atoms. The molecule has 6 nitrogen and oxygen atoms in total. The number of fused-ring (bicyclic) bond motifs is 1. The highest BCUT2D eigenvalue weighted by atomic mass is 35.5. The highest BCUT2D eigenvalue weighted by Crippen LogP contribution is 2.34. The number of likely N-dealkylation sites (tertiary alicyclic amines) is 1. The Labute approximate surface area is 168 Å². The number of halogens is 1. The standard InChI is InChI=1S/C20H31N3O3.ClH/c1-14(2)20(15-6-7-17-18(11-15)26-10-9-25-17)22-19(24)13-23-8-4-5-16(12-23)21-3;/h6-7,11,14,16,20-21H,4-5,8-10,12-13H2,1-3H3,(H,22,24);1H. The van der Waals surface area contributed by atoms with Gasteiger partial charge in [0.15, 0.2) is 11.5 Å². The van der Waals surface area contributed by atoms with Crippen molar-refractivity contribution >= 4 is 18.3 Å². The second-order valence-corrected chi connectivity index (χ2v) is 7.56. The van der Waals surface area contributed by atoms with E-state index in [2.05, 4.69) is 29.4 Å². The summed E-state index contributed by atoms with van der Waals surface area (Å²) < 4.78 is 11.3. The van der Waals surface area contributed by atoms with Crippen LogP contribution in [-0.2, 0) is 4.79 Å². The number of carbonyl (C=O) groups is 1. The minimum absolute atomic E-state index is 0. The first-order valence-corrected chi connectivity index (χ1v) is 9.65. The molecule has 1 amide bonds. The molecule has 0 aliphatic carbocycles. The predicted molar refractivity (Wildman–Crippen MR) is 109 cm³/mol. The van der Waals surface area contributed by atoms with Crippen LogP contribution >= 0.6 is 12.4 Å². The molecule has 2 unspecified atom stereocenters. The topological polar surface area (TPSA) is 62.8 Å². The van der Waals surface area contributed by atoms with Gasteiger partial charge in [-0.05, 0) is 50.0 Å². The van der Waals surface area contributed by atoms with Crippen LogP contribution in [0.25, 0.3) is 0 Å². The Morgan fingerprint density at radius 2 is 2.00 bits per heavy atom. The van der Waals surface area contributed by atoms with E-state index in [1.165, 1.54) is 6.42 Å². The Balaban J connectivity index is 0.00000261. The molecule has 0 saturated carbocycles. The normalized spacial score (nSPS) is 20.7. The van der Waals surface area contributed by atoms with Crippen LogP contribution in [0.1, 0.15) is 38.3 Å². The predicted octanol–water partition coefficient (Wildman–Crippen LogP) is 2.38. The Hall–Kier alpha value is -1.50. The lowest BCUT2D eigenvalue weighted by Crippen LogP contribution is -2.48. The molecule has 2 heterocycles. The summed E-state index contributed by atoms with van der Waals surface area (Å²) in [5.41, 5.74) is 1.06. The molecule has 1 fully saturated rings. The first-order valence-electron chi connectivity index (χ1n) is 9.65. The Bertz CT molecular complexity index is 626. The number of nitrogens with one attached hydrogen (secondary N) is 2. The minimum Gasteiger partial charge on any atom is -0.486 e. The molecule has 1 saturated heterocycles. The average molecular weight is 398 g/mol. The molecular weight excluding hydrogens is 366 g/mol. The molecule has 2 aliphatic heterocycles. The zero-order chi connectivity index (χ0) is 18.5. The summed E-state index contributed by atoms with van der Waals surface area (Å²) in [6.07, 6.45) is 2.31. The number of rotatable bonds is 6. The van der Waals surface area contributed by atoms with E-state index >= 15 is 0 Å². The van der Waals surface area contributed by atoms with Crippen molar-refractivity contribution in [2.75, 3.05) is 39.9 Å². The average Bonchev–Trinajstić information content (AvgIpc) is 2.65. The molecule has 0 aromatic heterocycles. The summed E-state index contributed by atoms with van der Waals surface area (Å²) in [5, 5.41) is 6.54. The quantitative estimate of drug-likeness (QED) is 0.771. The summed E-state index contributed by atoms with van der Waals surface area (Å²) in [7, 11) is 1.99. The second kappa shape index (κ2) is 10.2. The summed E-state index contributed by atoms with van der Waals surface area (Å²) in [6, 6.07) is 6.40. The lowest BCUT2D eigenvalue weighted by molar-refractivity contribution is -0.123. The third kappa shape index (κ3) is 5.74. The van der Waals surface area contributed by atoms with Crippen molar-refractivity contribution in [3.8, 4) is 11.5 Å². The van der Waals surface area contributed by atoms with Gasteiger partial charge < -0.3 is 20.1 Å². The fourth-order valence-electron chi connectivity index (χ4n) is 3.75. The van der Waals surface area contributed by atoms with Crippen molar-refractivity contribution in [1.29, 1.82) is 0 Å². The van der Waals surface area contributed by atoms with E-state index in [9.17, 15) is 4.79 Å². The first kappa shape index (κ1) is 21.8. The van der Waals surface area contributed by atoms with Crippen molar-refractivity contribution in [2.45, 2.75) is 38.8 Å². The fraction of sp³-hybridized carbons (Fsp3) is 0.650. The van der Waals surface area contributed by atoms with Crippen LogP contribution in [0.2, 0.25) is 0 Å². The maximum atomic E-state index is 12.7. The maximum Gasteiger partial charge on any atom is 0.234 e. The molecule has 2 atom stereocenters. The van der Waals surface area contributed by atoms with Crippen molar-refractivity contribution in [3.05, 3.63) is 23.8 Å². The smallest absolute Gasteiger partial charge is 0.234 e. The molecule has 2 aliphatic rings. The van der Waals surface area contributed by atoms with Crippen molar-refractivity contribution < 1.29 is 14.3 Å². The van der Waals surface area contributed by atoms with Crippen molar-refractivity contribution in [1.82, 2.24) is 15.5 Å². The Morgan fingerprint density at radius 3 is 2.70 bits per heavy atom. The van der Waals surface area contributed by atoms with Gasteiger partial charge in [0, 0.05) is 12.6 Å². The van der Waals surface area contributed by atoms with Gasteiger partial charge in [-0.1, -0.05) is 19.9 Å². The number of piperidine rings is 1. The number of nitrogens with zero attached hydrogens (tertiary/aromatic N) is 1. The Kier molecular flexibility index (Phi) is 8.20. The zero-order valence-corrected chi connectivity index (χ0v) is 17.3. The van der Waals surface area contributed by atoms with E-state index in [1.54, 1.807) is 0 Å². The largest absolute Gasteiger partial charge is 0.486 e. The number of carbonyl (C=O) groups excluding carboxylic acids is 1. The van der Waals surface area contributed by atoms with Gasteiger partial charge in [-0.25, -0.2) is 0 Å². The Morgan fingerprint density at radius 1 is 1.26 bits per heavy atom. The monoisotopic (exact) mass is 397 g/mol. The summed E-state index contributed by atoms with van der Waals surface area (Å²) >= 11 is 0. The molecule has 2 N–H and O–H groups in total. The molecule has 0 radical (unpaired) electrons. The molecule has 152 valence electrons. The third-order valence-corrected chi connectivity index (χ3v) is 5.19. The van der Waals surface area contributed by atoms with Gasteiger partial charge in [0.2, 0.25) is 5.91 Å². The van der Waals surface area contributed by atoms with E-state index in [-0.39, 0.29) is 30.3 Å². The number of hydrogen-bond donors (Lipinski definition) is 2. The van der Waals surface area contributed by atoms with Gasteiger partial charge in [0.05, 0.1) is 12.6 Å². The molecule has 1 aromatic rings. The van der Waals surface area contributed by atoms with Crippen LogP contribution in [-0.4, -0.2) is 56.7 Å². The van der Waals surface area contributed by atoms with E-state index in [0.717, 1.165) is 36.6 Å². The van der Waals surface area contributed by atoms with Crippen molar-refractivity contribution in [3.63, 3.8) is 0 Å². The van der Waals surface area contributed by atoms with E-state index in [0.29, 0.717) is 25.8 Å². The zero-order valence-electron chi connectivity index (χ0n) is 16.5. The van der Waals surface area contributed by atoms with Gasteiger partial charge in [0.1, 0.15) is 13.2 Å². The van der Waals surface area contributed by atoms with Gasteiger partial charge in [-0.15, -0.1) is 12.4 Å².